The van der Waals surface area contributed by atoms with Crippen molar-refractivity contribution in [3.05, 3.63) is 30.7 Å². The standard InChI is InChI=1S/C20H27N7/c1-25-19-17(11-22-25)20(24-18(23-19)16-6-2-3-7-16)27-9-4-5-15(13-27)12-26-10-8-21-14-26/h8,10-11,14-16H,2-7,9,12-13H2,1H3. The molecule has 5 rings (SSSR count). The highest BCUT2D eigenvalue weighted by Gasteiger charge is 2.27. The van der Waals surface area contributed by atoms with E-state index in [9.17, 15) is 0 Å². The number of rotatable bonds is 4. The number of aryl methyl sites for hydroxylation is 1. The summed E-state index contributed by atoms with van der Waals surface area (Å²) >= 11 is 0. The van der Waals surface area contributed by atoms with Crippen molar-refractivity contribution in [3.8, 4) is 0 Å². The minimum atomic E-state index is 0.509. The van der Waals surface area contributed by atoms with Gasteiger partial charge in [0, 0.05) is 45.0 Å². The van der Waals surface area contributed by atoms with Gasteiger partial charge < -0.3 is 9.47 Å². The monoisotopic (exact) mass is 365 g/mol. The molecule has 1 aliphatic heterocycles. The van der Waals surface area contributed by atoms with Crippen molar-refractivity contribution >= 4 is 16.9 Å². The Bertz CT molecular complexity index is 908. The summed E-state index contributed by atoms with van der Waals surface area (Å²) in [6.45, 7) is 3.11. The van der Waals surface area contributed by atoms with E-state index in [1.807, 2.05) is 30.5 Å². The molecule has 1 atom stereocenters. The minimum Gasteiger partial charge on any atom is -0.356 e. The predicted octanol–water partition coefficient (Wildman–Crippen LogP) is 3.13. The first kappa shape index (κ1) is 16.7. The first-order valence-corrected chi connectivity index (χ1v) is 10.2. The van der Waals surface area contributed by atoms with Crippen LogP contribution < -0.4 is 4.90 Å². The number of imidazole rings is 1. The number of fused-ring (bicyclic) bond motifs is 1. The second-order valence-electron chi connectivity index (χ2n) is 8.11. The molecular formula is C20H27N7. The van der Waals surface area contributed by atoms with Crippen LogP contribution in [0.25, 0.3) is 11.0 Å². The summed E-state index contributed by atoms with van der Waals surface area (Å²) < 4.78 is 4.09. The van der Waals surface area contributed by atoms with Crippen LogP contribution in [0.1, 0.15) is 50.3 Å². The average molecular weight is 365 g/mol. The van der Waals surface area contributed by atoms with E-state index in [-0.39, 0.29) is 0 Å². The molecule has 0 spiro atoms. The van der Waals surface area contributed by atoms with Crippen LogP contribution in [0.5, 0.6) is 0 Å². The number of piperidine rings is 1. The maximum atomic E-state index is 5.09. The van der Waals surface area contributed by atoms with Crippen LogP contribution in [0.15, 0.2) is 24.9 Å². The van der Waals surface area contributed by atoms with Gasteiger partial charge in [-0.15, -0.1) is 0 Å². The summed E-state index contributed by atoms with van der Waals surface area (Å²) in [6.07, 6.45) is 15.2. The highest BCUT2D eigenvalue weighted by molar-refractivity contribution is 5.87. The van der Waals surface area contributed by atoms with Crippen LogP contribution in [0, 0.1) is 5.92 Å². The first-order valence-electron chi connectivity index (χ1n) is 10.2. The van der Waals surface area contributed by atoms with Crippen molar-refractivity contribution in [2.24, 2.45) is 13.0 Å². The summed E-state index contributed by atoms with van der Waals surface area (Å²) in [5.41, 5.74) is 0.971. The molecule has 7 nitrogen and oxygen atoms in total. The number of anilines is 1. The van der Waals surface area contributed by atoms with Crippen LogP contribution in [0.4, 0.5) is 5.82 Å². The Morgan fingerprint density at radius 3 is 2.81 bits per heavy atom. The van der Waals surface area contributed by atoms with Crippen molar-refractivity contribution in [1.82, 2.24) is 29.3 Å². The number of aromatic nitrogens is 6. The molecule has 2 fully saturated rings. The number of hydrogen-bond acceptors (Lipinski definition) is 5. The van der Waals surface area contributed by atoms with Crippen LogP contribution in [0.2, 0.25) is 0 Å². The third kappa shape index (κ3) is 3.19. The fourth-order valence-corrected chi connectivity index (χ4v) is 4.73. The van der Waals surface area contributed by atoms with E-state index in [1.54, 1.807) is 0 Å². The molecule has 1 aliphatic carbocycles. The van der Waals surface area contributed by atoms with Crippen LogP contribution in [-0.2, 0) is 13.6 Å². The van der Waals surface area contributed by atoms with E-state index >= 15 is 0 Å². The molecule has 3 aromatic rings. The average Bonchev–Trinajstić information content (AvgIpc) is 3.44. The topological polar surface area (TPSA) is 64.7 Å². The molecule has 0 N–H and O–H groups in total. The van der Waals surface area contributed by atoms with Gasteiger partial charge in [-0.2, -0.15) is 5.10 Å². The third-order valence-corrected chi connectivity index (χ3v) is 6.16. The van der Waals surface area contributed by atoms with Gasteiger partial charge in [0.25, 0.3) is 0 Å². The molecule has 7 heteroatoms. The molecule has 0 aromatic carbocycles. The van der Waals surface area contributed by atoms with E-state index in [1.165, 1.54) is 38.5 Å². The second kappa shape index (κ2) is 6.94. The normalized spacial score (nSPS) is 21.4. The molecular weight excluding hydrogens is 338 g/mol. The molecule has 142 valence electrons. The molecule has 0 radical (unpaired) electrons. The summed E-state index contributed by atoms with van der Waals surface area (Å²) in [5, 5.41) is 5.56. The van der Waals surface area contributed by atoms with E-state index in [0.29, 0.717) is 11.8 Å². The van der Waals surface area contributed by atoms with Gasteiger partial charge in [-0.05, 0) is 31.6 Å². The van der Waals surface area contributed by atoms with Crippen molar-refractivity contribution in [1.29, 1.82) is 0 Å². The van der Waals surface area contributed by atoms with Crippen LogP contribution in [-0.4, -0.2) is 42.4 Å². The van der Waals surface area contributed by atoms with E-state index in [2.05, 4.69) is 25.7 Å². The molecule has 0 amide bonds. The molecule has 3 aromatic heterocycles. The highest BCUT2D eigenvalue weighted by Crippen LogP contribution is 2.35. The lowest BCUT2D eigenvalue weighted by molar-refractivity contribution is 0.365. The summed E-state index contributed by atoms with van der Waals surface area (Å²) in [5.74, 6) is 3.24. The van der Waals surface area contributed by atoms with Gasteiger partial charge in [0.2, 0.25) is 0 Å². The molecule has 0 bridgehead atoms. The zero-order valence-corrected chi connectivity index (χ0v) is 16.0. The van der Waals surface area contributed by atoms with Crippen LogP contribution in [0.3, 0.4) is 0 Å². The van der Waals surface area contributed by atoms with Gasteiger partial charge in [-0.3, -0.25) is 4.68 Å². The SMILES string of the molecule is Cn1ncc2c(N3CCCC(Cn4ccnc4)C3)nc(C3CCCC3)nc21. The van der Waals surface area contributed by atoms with Gasteiger partial charge >= 0.3 is 0 Å². The van der Waals surface area contributed by atoms with Gasteiger partial charge in [-0.25, -0.2) is 15.0 Å². The molecule has 1 unspecified atom stereocenters. The van der Waals surface area contributed by atoms with Crippen LogP contribution >= 0.6 is 0 Å². The lowest BCUT2D eigenvalue weighted by atomic mass is 9.97. The van der Waals surface area contributed by atoms with Crippen molar-refractivity contribution < 1.29 is 0 Å². The number of nitrogens with zero attached hydrogens (tertiary/aromatic N) is 7. The fourth-order valence-electron chi connectivity index (χ4n) is 4.73. The second-order valence-corrected chi connectivity index (χ2v) is 8.11. The quantitative estimate of drug-likeness (QED) is 0.711. The smallest absolute Gasteiger partial charge is 0.163 e. The van der Waals surface area contributed by atoms with E-state index in [4.69, 9.17) is 9.97 Å². The Kier molecular flexibility index (Phi) is 4.30. The fraction of sp³-hybridized carbons (Fsp3) is 0.600. The first-order chi connectivity index (χ1) is 13.3. The Hall–Kier alpha value is -2.44. The number of hydrogen-bond donors (Lipinski definition) is 0. The summed E-state index contributed by atoms with van der Waals surface area (Å²) in [4.78, 5) is 16.6. The van der Waals surface area contributed by atoms with Crippen molar-refractivity contribution in [2.75, 3.05) is 18.0 Å². The van der Waals surface area contributed by atoms with E-state index < -0.39 is 0 Å². The molecule has 4 heterocycles. The zero-order valence-electron chi connectivity index (χ0n) is 16.0. The van der Waals surface area contributed by atoms with Gasteiger partial charge in [0.15, 0.2) is 5.65 Å². The molecule has 2 aliphatic rings. The largest absolute Gasteiger partial charge is 0.356 e. The Morgan fingerprint density at radius 1 is 1.11 bits per heavy atom. The lowest BCUT2D eigenvalue weighted by Crippen LogP contribution is -2.37. The summed E-state index contributed by atoms with van der Waals surface area (Å²) in [6, 6.07) is 0. The van der Waals surface area contributed by atoms with E-state index in [0.717, 1.165) is 42.3 Å². The molecule has 1 saturated carbocycles. The van der Waals surface area contributed by atoms with Crippen molar-refractivity contribution in [3.63, 3.8) is 0 Å². The predicted molar refractivity (Wildman–Crippen MR) is 105 cm³/mol. The Morgan fingerprint density at radius 2 is 2.00 bits per heavy atom. The maximum Gasteiger partial charge on any atom is 0.163 e. The van der Waals surface area contributed by atoms with Gasteiger partial charge in [0.05, 0.1) is 17.9 Å². The van der Waals surface area contributed by atoms with Gasteiger partial charge in [0.1, 0.15) is 11.6 Å². The van der Waals surface area contributed by atoms with Crippen molar-refractivity contribution in [2.45, 2.75) is 51.0 Å². The lowest BCUT2D eigenvalue weighted by Gasteiger charge is -2.34. The zero-order chi connectivity index (χ0) is 18.2. The van der Waals surface area contributed by atoms with Gasteiger partial charge in [-0.1, -0.05) is 12.8 Å². The minimum absolute atomic E-state index is 0.509. The Labute approximate surface area is 159 Å². The Balaban J connectivity index is 1.47. The third-order valence-electron chi connectivity index (χ3n) is 6.16. The molecule has 27 heavy (non-hydrogen) atoms. The molecule has 1 saturated heterocycles. The maximum absolute atomic E-state index is 5.09. The summed E-state index contributed by atoms with van der Waals surface area (Å²) in [7, 11) is 1.98. The highest BCUT2D eigenvalue weighted by atomic mass is 15.3.